The minimum atomic E-state index is -0.595. The lowest BCUT2D eigenvalue weighted by molar-refractivity contribution is -0.385. The Kier molecular flexibility index (Phi) is 7.56. The summed E-state index contributed by atoms with van der Waals surface area (Å²) >= 11 is 0. The van der Waals surface area contributed by atoms with Gasteiger partial charge in [0.1, 0.15) is 5.75 Å². The summed E-state index contributed by atoms with van der Waals surface area (Å²) in [5.74, 6) is 0.596. The minimum Gasteiger partial charge on any atom is -0.494 e. The van der Waals surface area contributed by atoms with Gasteiger partial charge in [0.05, 0.1) is 17.1 Å². The molecule has 7 heteroatoms. The highest BCUT2D eigenvalue weighted by molar-refractivity contribution is 5.82. The summed E-state index contributed by atoms with van der Waals surface area (Å²) in [5, 5.41) is 10.8. The first-order chi connectivity index (χ1) is 12.5. The summed E-state index contributed by atoms with van der Waals surface area (Å²) in [6.45, 7) is 0.399. The molecule has 0 saturated heterocycles. The van der Waals surface area contributed by atoms with E-state index in [0.717, 1.165) is 19.3 Å². The van der Waals surface area contributed by atoms with Gasteiger partial charge in [0, 0.05) is 25.6 Å². The molecule has 0 N–H and O–H groups in total. The second-order valence-corrected chi connectivity index (χ2v) is 6.70. The maximum absolute atomic E-state index is 12.2. The number of nitro groups is 1. The van der Waals surface area contributed by atoms with E-state index in [1.165, 1.54) is 37.5 Å². The normalized spacial score (nSPS) is 14.7. The van der Waals surface area contributed by atoms with E-state index >= 15 is 0 Å². The Morgan fingerprint density at radius 1 is 1.31 bits per heavy atom. The van der Waals surface area contributed by atoms with Gasteiger partial charge in [-0.3, -0.25) is 19.7 Å². The third-order valence-corrected chi connectivity index (χ3v) is 4.89. The van der Waals surface area contributed by atoms with Gasteiger partial charge >= 0.3 is 0 Å². The van der Waals surface area contributed by atoms with E-state index in [1.54, 1.807) is 0 Å². The Balaban J connectivity index is 1.71. The number of carbonyl (C=O) groups is 2. The van der Waals surface area contributed by atoms with Crippen molar-refractivity contribution in [3.63, 3.8) is 0 Å². The smallest absolute Gasteiger partial charge is 0.280 e. The van der Waals surface area contributed by atoms with Crippen LogP contribution < -0.4 is 4.74 Å². The molecule has 0 bridgehead atoms. The van der Waals surface area contributed by atoms with Gasteiger partial charge in [0.15, 0.2) is 6.29 Å². The molecule has 0 aliphatic heterocycles. The molecule has 1 aromatic carbocycles. The number of nitrogens with zero attached hydrogens (tertiary/aromatic N) is 2. The van der Waals surface area contributed by atoms with E-state index in [1.807, 2.05) is 11.9 Å². The molecule has 0 unspecified atom stereocenters. The summed E-state index contributed by atoms with van der Waals surface area (Å²) < 4.78 is 5.54. The van der Waals surface area contributed by atoms with Crippen molar-refractivity contribution in [2.45, 2.75) is 57.4 Å². The Labute approximate surface area is 153 Å². The Morgan fingerprint density at radius 2 is 2.04 bits per heavy atom. The molecule has 7 nitrogen and oxygen atoms in total. The van der Waals surface area contributed by atoms with Crippen LogP contribution in [0.15, 0.2) is 18.2 Å². The standard InChI is InChI=1S/C19H26N2O5/c1-20(16-7-3-2-4-8-16)19(23)9-5-6-12-26-17-10-11-18(21(24)25)15(13-17)14-22/h10-11,13-14,16H,2-9,12H2,1H3. The lowest BCUT2D eigenvalue weighted by Gasteiger charge is -2.31. The number of aldehydes is 1. The van der Waals surface area contributed by atoms with E-state index in [9.17, 15) is 19.7 Å². The second kappa shape index (κ2) is 9.89. The first kappa shape index (κ1) is 19.9. The van der Waals surface area contributed by atoms with E-state index in [-0.39, 0.29) is 17.2 Å². The first-order valence-electron chi connectivity index (χ1n) is 9.15. The van der Waals surface area contributed by atoms with Gasteiger partial charge in [0.2, 0.25) is 5.91 Å². The Bertz CT molecular complexity index is 641. The molecule has 0 radical (unpaired) electrons. The van der Waals surface area contributed by atoms with Crippen LogP contribution in [0.1, 0.15) is 61.7 Å². The van der Waals surface area contributed by atoms with Crippen LogP contribution in [0.5, 0.6) is 5.75 Å². The topological polar surface area (TPSA) is 89.8 Å². The molecule has 0 spiro atoms. The van der Waals surface area contributed by atoms with E-state index < -0.39 is 4.92 Å². The highest BCUT2D eigenvalue weighted by Gasteiger charge is 2.21. The number of rotatable bonds is 9. The minimum absolute atomic E-state index is 0.00298. The van der Waals surface area contributed by atoms with Crippen molar-refractivity contribution in [2.75, 3.05) is 13.7 Å². The second-order valence-electron chi connectivity index (χ2n) is 6.70. The maximum atomic E-state index is 12.2. The van der Waals surface area contributed by atoms with Crippen LogP contribution in [0, 0.1) is 10.1 Å². The van der Waals surface area contributed by atoms with Gasteiger partial charge in [-0.1, -0.05) is 19.3 Å². The predicted molar refractivity (Wildman–Crippen MR) is 97.5 cm³/mol. The van der Waals surface area contributed by atoms with Gasteiger partial charge in [-0.05, 0) is 37.8 Å². The molecule has 142 valence electrons. The molecule has 2 rings (SSSR count). The Hall–Kier alpha value is -2.44. The number of amides is 1. The van der Waals surface area contributed by atoms with Gasteiger partial charge in [-0.25, -0.2) is 0 Å². The summed E-state index contributed by atoms with van der Waals surface area (Å²) in [7, 11) is 1.90. The predicted octanol–water partition coefficient (Wildman–Crippen LogP) is 3.75. The number of hydrogen-bond acceptors (Lipinski definition) is 5. The molecule has 1 aliphatic rings. The van der Waals surface area contributed by atoms with Gasteiger partial charge in [-0.15, -0.1) is 0 Å². The lowest BCUT2D eigenvalue weighted by Crippen LogP contribution is -2.38. The summed E-state index contributed by atoms with van der Waals surface area (Å²) in [5.41, 5.74) is -0.236. The fourth-order valence-corrected chi connectivity index (χ4v) is 3.30. The molecule has 1 saturated carbocycles. The molecule has 1 aliphatic carbocycles. The number of carbonyl (C=O) groups excluding carboxylic acids is 2. The van der Waals surface area contributed by atoms with Crippen LogP contribution in [-0.2, 0) is 4.79 Å². The third-order valence-electron chi connectivity index (χ3n) is 4.89. The highest BCUT2D eigenvalue weighted by Crippen LogP contribution is 2.24. The van der Waals surface area contributed by atoms with Crippen LogP contribution in [0.25, 0.3) is 0 Å². The zero-order chi connectivity index (χ0) is 18.9. The molecule has 1 amide bonds. The van der Waals surface area contributed by atoms with Crippen LogP contribution in [-0.4, -0.2) is 41.7 Å². The van der Waals surface area contributed by atoms with Crippen molar-refractivity contribution in [3.8, 4) is 5.75 Å². The average Bonchev–Trinajstić information content (AvgIpc) is 2.67. The van der Waals surface area contributed by atoms with E-state index in [2.05, 4.69) is 0 Å². The van der Waals surface area contributed by atoms with Crippen LogP contribution in [0.4, 0.5) is 5.69 Å². The third kappa shape index (κ3) is 5.54. The molecule has 26 heavy (non-hydrogen) atoms. The van der Waals surface area contributed by atoms with Gasteiger partial charge in [-0.2, -0.15) is 0 Å². The van der Waals surface area contributed by atoms with Crippen molar-refractivity contribution < 1.29 is 19.2 Å². The van der Waals surface area contributed by atoms with Crippen molar-refractivity contribution >= 4 is 17.9 Å². The molecule has 0 heterocycles. The molecule has 1 fully saturated rings. The van der Waals surface area contributed by atoms with Crippen LogP contribution >= 0.6 is 0 Å². The lowest BCUT2D eigenvalue weighted by atomic mass is 9.94. The summed E-state index contributed by atoms with van der Waals surface area (Å²) in [4.78, 5) is 35.3. The molecular weight excluding hydrogens is 336 g/mol. The van der Waals surface area contributed by atoms with Crippen molar-refractivity contribution in [1.82, 2.24) is 4.90 Å². The molecule has 0 aromatic heterocycles. The quantitative estimate of drug-likeness (QED) is 0.289. The molecule has 1 aromatic rings. The number of ether oxygens (including phenoxy) is 1. The van der Waals surface area contributed by atoms with E-state index in [4.69, 9.17) is 4.74 Å². The Morgan fingerprint density at radius 3 is 2.69 bits per heavy atom. The molecule has 0 atom stereocenters. The van der Waals surface area contributed by atoms with Crippen molar-refractivity contribution in [1.29, 1.82) is 0 Å². The monoisotopic (exact) mass is 362 g/mol. The average molecular weight is 362 g/mol. The first-order valence-corrected chi connectivity index (χ1v) is 9.15. The van der Waals surface area contributed by atoms with Crippen LogP contribution in [0.2, 0.25) is 0 Å². The van der Waals surface area contributed by atoms with Gasteiger partial charge in [0.25, 0.3) is 5.69 Å². The summed E-state index contributed by atoms with van der Waals surface area (Å²) in [6.07, 6.45) is 8.25. The number of nitro benzene ring substituents is 1. The fraction of sp³-hybridized carbons (Fsp3) is 0.579. The number of hydrogen-bond donors (Lipinski definition) is 0. The van der Waals surface area contributed by atoms with E-state index in [0.29, 0.717) is 37.5 Å². The fourth-order valence-electron chi connectivity index (χ4n) is 3.30. The zero-order valence-corrected chi connectivity index (χ0v) is 15.2. The van der Waals surface area contributed by atoms with Crippen LogP contribution in [0.3, 0.4) is 0 Å². The van der Waals surface area contributed by atoms with Crippen molar-refractivity contribution in [2.24, 2.45) is 0 Å². The zero-order valence-electron chi connectivity index (χ0n) is 15.2. The molecular formula is C19H26N2O5. The number of benzene rings is 1. The number of unbranched alkanes of at least 4 members (excludes halogenated alkanes) is 1. The van der Waals surface area contributed by atoms with Gasteiger partial charge < -0.3 is 9.64 Å². The largest absolute Gasteiger partial charge is 0.494 e. The maximum Gasteiger partial charge on any atom is 0.280 e. The SMILES string of the molecule is CN(C(=O)CCCCOc1ccc([N+](=O)[O-])c(C=O)c1)C1CCCCC1. The summed E-state index contributed by atoms with van der Waals surface area (Å²) in [6, 6.07) is 4.50. The highest BCUT2D eigenvalue weighted by atomic mass is 16.6. The van der Waals surface area contributed by atoms with Crippen molar-refractivity contribution in [3.05, 3.63) is 33.9 Å².